The number of hydrogen-bond acceptors (Lipinski definition) is 8. The van der Waals surface area contributed by atoms with Crippen molar-refractivity contribution in [3.05, 3.63) is 12.7 Å². The van der Waals surface area contributed by atoms with Crippen molar-refractivity contribution in [3.63, 3.8) is 0 Å². The van der Waals surface area contributed by atoms with Crippen LogP contribution in [0.1, 0.15) is 47.0 Å². The summed E-state index contributed by atoms with van der Waals surface area (Å²) in [5, 5.41) is 19.9. The predicted molar refractivity (Wildman–Crippen MR) is 128 cm³/mol. The van der Waals surface area contributed by atoms with Crippen LogP contribution in [0.5, 0.6) is 0 Å². The second-order valence-corrected chi connectivity index (χ2v) is 21.3. The third-order valence-electron chi connectivity index (χ3n) is 4.91. The summed E-state index contributed by atoms with van der Waals surface area (Å²) in [5.41, 5.74) is -0.611. The molecule has 11 heteroatoms. The summed E-state index contributed by atoms with van der Waals surface area (Å²) in [6.45, 7) is 22.8. The van der Waals surface area contributed by atoms with Crippen LogP contribution < -0.4 is 0 Å². The molecule has 0 saturated carbocycles. The van der Waals surface area contributed by atoms with Crippen molar-refractivity contribution in [1.29, 1.82) is 0 Å². The molecule has 0 fully saturated rings. The second-order valence-electron chi connectivity index (χ2n) is 9.16. The first-order valence-electron chi connectivity index (χ1n) is 11.0. The van der Waals surface area contributed by atoms with Crippen molar-refractivity contribution in [3.8, 4) is 0 Å². The van der Waals surface area contributed by atoms with E-state index < -0.39 is 49.2 Å². The Kier molecular flexibility index (Phi) is 12.0. The summed E-state index contributed by atoms with van der Waals surface area (Å²) in [6.07, 6.45) is 1.76. The largest absolute Gasteiger partial charge is 0.434 e. The third-order valence-corrected chi connectivity index (χ3v) is 17.2. The monoisotopic (exact) mass is 496 g/mol. The van der Waals surface area contributed by atoms with Gasteiger partial charge >= 0.3 is 14.5 Å². The van der Waals surface area contributed by atoms with Crippen LogP contribution in [0.2, 0.25) is 39.3 Å². The lowest BCUT2D eigenvalue weighted by Crippen LogP contribution is -2.61. The fraction of sp³-hybridized carbons (Fsp3) is 0.850. The molecule has 31 heavy (non-hydrogen) atoms. The number of aliphatic hydroxyl groups is 2. The molecule has 3 atom stereocenters. The van der Waals surface area contributed by atoms with Gasteiger partial charge < -0.3 is 32.7 Å². The van der Waals surface area contributed by atoms with Gasteiger partial charge in [0.25, 0.3) is 5.97 Å². The van der Waals surface area contributed by atoms with Crippen molar-refractivity contribution < 1.29 is 37.4 Å². The Morgan fingerprint density at radius 3 is 1.81 bits per heavy atom. The van der Waals surface area contributed by atoms with E-state index in [0.717, 1.165) is 6.08 Å². The van der Waals surface area contributed by atoms with Gasteiger partial charge in [-0.2, -0.15) is 0 Å². The topological polar surface area (TPSA) is 104 Å². The van der Waals surface area contributed by atoms with Crippen molar-refractivity contribution in [2.75, 3.05) is 0 Å². The van der Waals surface area contributed by atoms with Crippen LogP contribution in [0.4, 0.5) is 0 Å². The Balaban J connectivity index is 5.34. The average molecular weight is 497 g/mol. The minimum absolute atomic E-state index is 0.0649. The van der Waals surface area contributed by atoms with Crippen molar-refractivity contribution in [2.24, 2.45) is 0 Å². The fourth-order valence-electron chi connectivity index (χ4n) is 3.67. The SMILES string of the molecule is C=CC(=O)OC(C)OC(CC)[Si](C)(C)O[Si](C)(C)O[Si](C)(C)C(CC)OC(O)(O)CC. The molecule has 0 rings (SSSR count). The van der Waals surface area contributed by atoms with Gasteiger partial charge in [0, 0.05) is 12.5 Å². The molecule has 0 aromatic carbocycles. The minimum atomic E-state index is -2.63. The Hall–Kier alpha value is -0.379. The third kappa shape index (κ3) is 10.9. The quantitative estimate of drug-likeness (QED) is 0.152. The van der Waals surface area contributed by atoms with Gasteiger partial charge in [0.05, 0.1) is 11.5 Å². The highest BCUT2D eigenvalue weighted by atomic mass is 28.5. The number of carbonyl (C=O) groups excluding carboxylic acids is 1. The summed E-state index contributed by atoms with van der Waals surface area (Å²) in [7, 11) is -7.54. The molecular formula is C20H44O8Si3. The Morgan fingerprint density at radius 2 is 1.42 bits per heavy atom. The molecule has 2 N–H and O–H groups in total. The van der Waals surface area contributed by atoms with Gasteiger partial charge in [-0.25, -0.2) is 4.79 Å². The van der Waals surface area contributed by atoms with E-state index in [1.807, 2.05) is 40.0 Å². The van der Waals surface area contributed by atoms with Crippen LogP contribution in [0, 0.1) is 0 Å². The van der Waals surface area contributed by atoms with E-state index >= 15 is 0 Å². The van der Waals surface area contributed by atoms with Crippen molar-refractivity contribution >= 4 is 31.2 Å². The van der Waals surface area contributed by atoms with Gasteiger partial charge in [-0.05, 0) is 59.0 Å². The Bertz CT molecular complexity index is 581. The molecule has 8 nitrogen and oxygen atoms in total. The zero-order valence-corrected chi connectivity index (χ0v) is 24.0. The van der Waals surface area contributed by atoms with E-state index in [1.54, 1.807) is 13.8 Å². The average Bonchev–Trinajstić information content (AvgIpc) is 2.61. The lowest BCUT2D eigenvalue weighted by Gasteiger charge is -2.44. The molecule has 0 spiro atoms. The summed E-state index contributed by atoms with van der Waals surface area (Å²) in [4.78, 5) is 11.4. The second kappa shape index (κ2) is 12.2. The maximum atomic E-state index is 11.4. The van der Waals surface area contributed by atoms with Gasteiger partial charge in [-0.1, -0.05) is 27.4 Å². The molecule has 0 radical (unpaired) electrons. The molecule has 0 heterocycles. The van der Waals surface area contributed by atoms with E-state index in [9.17, 15) is 15.0 Å². The summed E-state index contributed by atoms with van der Waals surface area (Å²) in [5.74, 6) is -2.70. The van der Waals surface area contributed by atoms with Crippen molar-refractivity contribution in [2.45, 2.75) is 110 Å². The lowest BCUT2D eigenvalue weighted by atomic mass is 10.4. The standard InChI is InChI=1S/C20H44O8Si3/c1-12-17(21)24-16(5)25-18(13-2)29(6,7)27-31(10,11)28-30(8,9)19(14-3)26-20(22,23)15-4/h12,16,18-19,22-23H,1,13-15H2,2-11H3. The van der Waals surface area contributed by atoms with Gasteiger partial charge in [0.15, 0.2) is 0 Å². The van der Waals surface area contributed by atoms with E-state index in [0.29, 0.717) is 12.8 Å². The van der Waals surface area contributed by atoms with E-state index in [1.165, 1.54) is 0 Å². The molecule has 0 bridgehead atoms. The fourth-order valence-corrected chi connectivity index (χ4v) is 18.4. The first-order valence-corrected chi connectivity index (χ1v) is 19.7. The van der Waals surface area contributed by atoms with Crippen LogP contribution in [-0.2, 0) is 27.2 Å². The molecule has 0 aromatic heterocycles. The predicted octanol–water partition coefficient (Wildman–Crippen LogP) is 3.92. The number of esters is 1. The molecule has 0 aliphatic rings. The Labute approximate surface area is 191 Å². The van der Waals surface area contributed by atoms with Crippen LogP contribution in [0.25, 0.3) is 0 Å². The van der Waals surface area contributed by atoms with E-state index in [4.69, 9.17) is 22.4 Å². The maximum Gasteiger partial charge on any atom is 0.332 e. The Morgan fingerprint density at radius 1 is 0.968 bits per heavy atom. The lowest BCUT2D eigenvalue weighted by molar-refractivity contribution is -0.347. The minimum Gasteiger partial charge on any atom is -0.434 e. The van der Waals surface area contributed by atoms with Crippen LogP contribution >= 0.6 is 0 Å². The summed E-state index contributed by atoms with van der Waals surface area (Å²) >= 11 is 0. The van der Waals surface area contributed by atoms with Crippen molar-refractivity contribution in [1.82, 2.24) is 0 Å². The zero-order valence-electron chi connectivity index (χ0n) is 21.0. The molecule has 0 aliphatic carbocycles. The van der Waals surface area contributed by atoms with Gasteiger partial charge in [-0.3, -0.25) is 0 Å². The molecule has 0 aromatic rings. The van der Waals surface area contributed by atoms with Gasteiger partial charge in [-0.15, -0.1) is 0 Å². The number of ether oxygens (including phenoxy) is 3. The number of rotatable bonds is 15. The zero-order chi connectivity index (χ0) is 24.7. The molecule has 184 valence electrons. The molecule has 0 saturated heterocycles. The molecule has 3 unspecified atom stereocenters. The van der Waals surface area contributed by atoms with E-state index in [-0.39, 0.29) is 12.1 Å². The normalized spacial score (nSPS) is 16.5. The maximum absolute atomic E-state index is 11.4. The highest BCUT2D eigenvalue weighted by Crippen LogP contribution is 2.29. The summed E-state index contributed by atoms with van der Waals surface area (Å²) in [6, 6.07) is 0. The van der Waals surface area contributed by atoms with Gasteiger partial charge in [0.2, 0.25) is 22.9 Å². The van der Waals surface area contributed by atoms with Crippen LogP contribution in [0.15, 0.2) is 12.7 Å². The molecule has 0 amide bonds. The number of carbonyl (C=O) groups is 1. The highest BCUT2D eigenvalue weighted by Gasteiger charge is 2.47. The van der Waals surface area contributed by atoms with Crippen LogP contribution in [0.3, 0.4) is 0 Å². The highest BCUT2D eigenvalue weighted by molar-refractivity contribution is 6.88. The first-order chi connectivity index (χ1) is 13.9. The van der Waals surface area contributed by atoms with E-state index in [2.05, 4.69) is 19.7 Å². The summed E-state index contributed by atoms with van der Waals surface area (Å²) < 4.78 is 29.9. The van der Waals surface area contributed by atoms with Crippen LogP contribution in [-0.4, -0.2) is 65.1 Å². The number of hydrogen-bond donors (Lipinski definition) is 2. The van der Waals surface area contributed by atoms with Gasteiger partial charge in [0.1, 0.15) is 0 Å². The first kappa shape index (κ1) is 30.6. The molecular weight excluding hydrogens is 452 g/mol. The molecule has 0 aliphatic heterocycles. The smallest absolute Gasteiger partial charge is 0.332 e.